The van der Waals surface area contributed by atoms with Crippen LogP contribution in [-0.2, 0) is 14.2 Å². The Balaban J connectivity index is 1.93. The van der Waals surface area contributed by atoms with Gasteiger partial charge >= 0.3 is 0 Å². The van der Waals surface area contributed by atoms with E-state index >= 15 is 0 Å². The number of aryl methyl sites for hydroxylation is 1. The minimum Gasteiger partial charge on any atom is -0.394 e. The minimum atomic E-state index is -0.713. The number of nitrogens with two attached hydrogens (primary N) is 1. The molecule has 106 valence electrons. The van der Waals surface area contributed by atoms with Crippen molar-refractivity contribution in [2.45, 2.75) is 51.1 Å². The van der Waals surface area contributed by atoms with E-state index in [1.807, 2.05) is 13.8 Å². The molecule has 1 aromatic rings. The van der Waals surface area contributed by atoms with Crippen LogP contribution in [0.25, 0.3) is 0 Å². The van der Waals surface area contributed by atoms with E-state index in [-0.39, 0.29) is 18.8 Å². The molecule has 0 aromatic carbocycles. The zero-order valence-corrected chi connectivity index (χ0v) is 11.1. The average Bonchev–Trinajstić information content (AvgIpc) is 2.93. The molecule has 3 N–H and O–H groups in total. The lowest BCUT2D eigenvalue weighted by Gasteiger charge is -2.23. The van der Waals surface area contributed by atoms with Crippen LogP contribution in [0.5, 0.6) is 0 Å². The van der Waals surface area contributed by atoms with Crippen LogP contribution in [0.3, 0.4) is 0 Å². The molecule has 8 nitrogen and oxygen atoms in total. The summed E-state index contributed by atoms with van der Waals surface area (Å²) in [4.78, 5) is 0. The highest BCUT2D eigenvalue weighted by atomic mass is 16.8. The van der Waals surface area contributed by atoms with Gasteiger partial charge < -0.3 is 25.1 Å². The van der Waals surface area contributed by atoms with Crippen LogP contribution in [0.1, 0.15) is 25.8 Å². The fourth-order valence-electron chi connectivity index (χ4n) is 2.57. The van der Waals surface area contributed by atoms with Gasteiger partial charge in [-0.25, -0.2) is 0 Å². The highest BCUT2D eigenvalue weighted by Crippen LogP contribution is 2.43. The molecule has 0 bridgehead atoms. The number of ether oxygens (including phenoxy) is 3. The quantitative estimate of drug-likeness (QED) is 0.751. The molecular formula is C11H18N4O4. The first-order valence-corrected chi connectivity index (χ1v) is 6.22. The summed E-state index contributed by atoms with van der Waals surface area (Å²) in [7, 11) is 0. The van der Waals surface area contributed by atoms with Gasteiger partial charge in [0.2, 0.25) is 0 Å². The van der Waals surface area contributed by atoms with Crippen molar-refractivity contribution in [3.8, 4) is 0 Å². The summed E-state index contributed by atoms with van der Waals surface area (Å²) in [6, 6.07) is 0. The minimum absolute atomic E-state index is 0.148. The lowest BCUT2D eigenvalue weighted by atomic mass is 10.1. The number of nitrogen functional groups attached to an aromatic ring is 1. The third kappa shape index (κ3) is 1.91. The standard InChI is InChI=1S/C11H18N4O4/c1-5-9(12)15(14-13-5)10-8-7(6(4-16)17-10)18-11(2,3)19-8/h6-8,10,16H,4,12H2,1-3H3/t6-,7-,8-,10-/m1/s1. The van der Waals surface area contributed by atoms with E-state index in [0.717, 1.165) is 0 Å². The third-order valence-electron chi connectivity index (χ3n) is 3.45. The van der Waals surface area contributed by atoms with Crippen molar-refractivity contribution in [2.75, 3.05) is 12.3 Å². The van der Waals surface area contributed by atoms with Gasteiger partial charge in [0, 0.05) is 0 Å². The van der Waals surface area contributed by atoms with E-state index in [2.05, 4.69) is 10.3 Å². The number of hydrogen-bond acceptors (Lipinski definition) is 7. The number of aromatic nitrogens is 3. The average molecular weight is 270 g/mol. The number of fused-ring (bicyclic) bond motifs is 1. The molecule has 0 aliphatic carbocycles. The maximum atomic E-state index is 9.39. The van der Waals surface area contributed by atoms with Crippen molar-refractivity contribution >= 4 is 5.82 Å². The van der Waals surface area contributed by atoms with Crippen LogP contribution in [-0.4, -0.2) is 50.8 Å². The molecule has 0 radical (unpaired) electrons. The summed E-state index contributed by atoms with van der Waals surface area (Å²) in [5.41, 5.74) is 6.55. The summed E-state index contributed by atoms with van der Waals surface area (Å²) in [5, 5.41) is 17.3. The maximum absolute atomic E-state index is 9.39. The van der Waals surface area contributed by atoms with E-state index in [1.165, 1.54) is 4.68 Å². The molecule has 8 heteroatoms. The van der Waals surface area contributed by atoms with Crippen molar-refractivity contribution in [1.82, 2.24) is 15.0 Å². The lowest BCUT2D eigenvalue weighted by Crippen LogP contribution is -2.31. The molecular weight excluding hydrogens is 252 g/mol. The van der Waals surface area contributed by atoms with Crippen LogP contribution < -0.4 is 5.73 Å². The molecule has 0 saturated carbocycles. The number of rotatable bonds is 2. The van der Waals surface area contributed by atoms with Crippen LogP contribution in [0.4, 0.5) is 5.82 Å². The van der Waals surface area contributed by atoms with Gasteiger partial charge in [0.1, 0.15) is 29.8 Å². The highest BCUT2D eigenvalue weighted by Gasteiger charge is 2.56. The van der Waals surface area contributed by atoms with E-state index < -0.39 is 18.1 Å². The summed E-state index contributed by atoms with van der Waals surface area (Å²) in [6.07, 6.45) is -1.70. The topological polar surface area (TPSA) is 105 Å². The van der Waals surface area contributed by atoms with Crippen molar-refractivity contribution < 1.29 is 19.3 Å². The second kappa shape index (κ2) is 4.14. The normalized spacial score (nSPS) is 36.6. The van der Waals surface area contributed by atoms with Gasteiger partial charge in [0.15, 0.2) is 12.0 Å². The molecule has 4 atom stereocenters. The van der Waals surface area contributed by atoms with Crippen LogP contribution in [0.2, 0.25) is 0 Å². The van der Waals surface area contributed by atoms with Crippen molar-refractivity contribution in [2.24, 2.45) is 0 Å². The lowest BCUT2D eigenvalue weighted by molar-refractivity contribution is -0.201. The predicted molar refractivity (Wildman–Crippen MR) is 64.0 cm³/mol. The summed E-state index contributed by atoms with van der Waals surface area (Å²) in [6.45, 7) is 5.27. The molecule has 3 rings (SSSR count). The number of aliphatic hydroxyl groups is 1. The van der Waals surface area contributed by atoms with Crippen LogP contribution >= 0.6 is 0 Å². The van der Waals surface area contributed by atoms with Gasteiger partial charge in [0.05, 0.1) is 6.61 Å². The molecule has 3 heterocycles. The molecule has 2 fully saturated rings. The number of nitrogens with zero attached hydrogens (tertiary/aromatic N) is 3. The monoisotopic (exact) mass is 270 g/mol. The van der Waals surface area contributed by atoms with Gasteiger partial charge in [0.25, 0.3) is 0 Å². The van der Waals surface area contributed by atoms with Gasteiger partial charge in [-0.15, -0.1) is 5.10 Å². The Labute approximate surface area is 110 Å². The Kier molecular flexibility index (Phi) is 2.79. The SMILES string of the molecule is Cc1nnn([C@@H]2O[C@H](CO)[C@H]3OC(C)(C)O[C@H]32)c1N. The Morgan fingerprint density at radius 3 is 2.63 bits per heavy atom. The smallest absolute Gasteiger partial charge is 0.183 e. The van der Waals surface area contributed by atoms with Gasteiger partial charge in [-0.3, -0.25) is 0 Å². The molecule has 0 unspecified atom stereocenters. The number of aliphatic hydroxyl groups excluding tert-OH is 1. The fourth-order valence-corrected chi connectivity index (χ4v) is 2.57. The van der Waals surface area contributed by atoms with E-state index in [0.29, 0.717) is 11.5 Å². The first kappa shape index (κ1) is 12.8. The predicted octanol–water partition coefficient (Wildman–Crippen LogP) is -0.421. The Bertz CT molecular complexity index is 489. The van der Waals surface area contributed by atoms with Crippen molar-refractivity contribution in [3.63, 3.8) is 0 Å². The molecule has 19 heavy (non-hydrogen) atoms. The second-order valence-electron chi connectivity index (χ2n) is 5.32. The van der Waals surface area contributed by atoms with Crippen LogP contribution in [0.15, 0.2) is 0 Å². The van der Waals surface area contributed by atoms with E-state index in [4.69, 9.17) is 19.9 Å². The van der Waals surface area contributed by atoms with Crippen LogP contribution in [0, 0.1) is 6.92 Å². The summed E-state index contributed by atoms with van der Waals surface area (Å²) in [5.74, 6) is -0.287. The fraction of sp³-hybridized carbons (Fsp3) is 0.818. The molecule has 0 amide bonds. The number of anilines is 1. The third-order valence-corrected chi connectivity index (χ3v) is 3.45. The van der Waals surface area contributed by atoms with E-state index in [9.17, 15) is 5.11 Å². The molecule has 2 saturated heterocycles. The van der Waals surface area contributed by atoms with Gasteiger partial charge in [-0.05, 0) is 20.8 Å². The molecule has 0 spiro atoms. The zero-order valence-electron chi connectivity index (χ0n) is 11.1. The zero-order chi connectivity index (χ0) is 13.8. The Hall–Kier alpha value is -1.22. The largest absolute Gasteiger partial charge is 0.394 e. The first-order chi connectivity index (χ1) is 8.93. The Morgan fingerprint density at radius 1 is 1.37 bits per heavy atom. The molecule has 2 aliphatic rings. The molecule has 1 aromatic heterocycles. The highest BCUT2D eigenvalue weighted by molar-refractivity contribution is 5.33. The first-order valence-electron chi connectivity index (χ1n) is 6.22. The van der Waals surface area contributed by atoms with Gasteiger partial charge in [-0.1, -0.05) is 5.21 Å². The van der Waals surface area contributed by atoms with Gasteiger partial charge in [-0.2, -0.15) is 4.68 Å². The second-order valence-corrected chi connectivity index (χ2v) is 5.32. The van der Waals surface area contributed by atoms with E-state index in [1.54, 1.807) is 6.92 Å². The van der Waals surface area contributed by atoms with Crippen molar-refractivity contribution in [3.05, 3.63) is 5.69 Å². The summed E-state index contributed by atoms with van der Waals surface area (Å²) < 4.78 is 18.8. The summed E-state index contributed by atoms with van der Waals surface area (Å²) >= 11 is 0. The Morgan fingerprint density at radius 2 is 2.05 bits per heavy atom. The maximum Gasteiger partial charge on any atom is 0.183 e. The van der Waals surface area contributed by atoms with Crippen molar-refractivity contribution in [1.29, 1.82) is 0 Å². The number of hydrogen-bond donors (Lipinski definition) is 2. The molecule has 2 aliphatic heterocycles.